The Morgan fingerprint density at radius 1 is 1.16 bits per heavy atom. The van der Waals surface area contributed by atoms with Crippen molar-refractivity contribution in [2.45, 2.75) is 6.42 Å². The first-order chi connectivity index (χ1) is 12.1. The van der Waals surface area contributed by atoms with Gasteiger partial charge in [-0.3, -0.25) is 14.8 Å². The van der Waals surface area contributed by atoms with Gasteiger partial charge in [0.2, 0.25) is 5.91 Å². The van der Waals surface area contributed by atoms with Gasteiger partial charge in [-0.05, 0) is 30.3 Å². The van der Waals surface area contributed by atoms with Crippen molar-refractivity contribution in [2.24, 2.45) is 0 Å². The summed E-state index contributed by atoms with van der Waals surface area (Å²) in [7, 11) is 1.77. The number of nitrogens with one attached hydrogen (secondary N) is 1. The molecule has 2 heterocycles. The lowest BCUT2D eigenvalue weighted by Gasteiger charge is -2.18. The second-order valence-electron chi connectivity index (χ2n) is 5.76. The third kappa shape index (κ3) is 4.29. The molecule has 0 saturated heterocycles. The topological polar surface area (TPSA) is 58.1 Å². The summed E-state index contributed by atoms with van der Waals surface area (Å²) in [6, 6.07) is 11.9. The summed E-state index contributed by atoms with van der Waals surface area (Å²) < 4.78 is 13.3. The molecule has 3 rings (SSSR count). The van der Waals surface area contributed by atoms with Gasteiger partial charge in [-0.15, -0.1) is 0 Å². The molecule has 0 bridgehead atoms. The Morgan fingerprint density at radius 2 is 2.04 bits per heavy atom. The van der Waals surface area contributed by atoms with Crippen molar-refractivity contribution in [3.63, 3.8) is 0 Å². The largest absolute Gasteiger partial charge is 0.376 e. The number of benzene rings is 1. The zero-order chi connectivity index (χ0) is 17.6. The van der Waals surface area contributed by atoms with Crippen molar-refractivity contribution < 1.29 is 9.18 Å². The molecule has 128 valence electrons. The second kappa shape index (κ2) is 7.70. The summed E-state index contributed by atoms with van der Waals surface area (Å²) in [4.78, 5) is 22.4. The normalized spacial score (nSPS) is 10.6. The minimum Gasteiger partial charge on any atom is -0.376 e. The van der Waals surface area contributed by atoms with Crippen LogP contribution in [0.5, 0.6) is 0 Å². The maximum Gasteiger partial charge on any atom is 0.241 e. The fourth-order valence-corrected chi connectivity index (χ4v) is 2.53. The molecule has 6 heteroatoms. The molecule has 0 fully saturated rings. The zero-order valence-corrected chi connectivity index (χ0v) is 13.9. The number of carbonyl (C=O) groups is 1. The minimum absolute atomic E-state index is 0.0250. The highest BCUT2D eigenvalue weighted by Crippen LogP contribution is 2.21. The van der Waals surface area contributed by atoms with Crippen LogP contribution in [0.4, 0.5) is 10.1 Å². The van der Waals surface area contributed by atoms with Gasteiger partial charge in [0, 0.05) is 55.2 Å². The molecule has 1 amide bonds. The number of aromatic nitrogens is 2. The maximum atomic E-state index is 13.3. The van der Waals surface area contributed by atoms with Crippen molar-refractivity contribution >= 4 is 22.5 Å². The molecule has 25 heavy (non-hydrogen) atoms. The molecule has 2 aromatic heterocycles. The molecule has 0 aliphatic carbocycles. The van der Waals surface area contributed by atoms with Crippen LogP contribution in [-0.4, -0.2) is 40.9 Å². The molecule has 5 nitrogen and oxygen atoms in total. The number of anilines is 1. The number of likely N-dealkylation sites (N-methyl/N-ethyl adjacent to an activating group) is 1. The van der Waals surface area contributed by atoms with Crippen LogP contribution in [0.2, 0.25) is 0 Å². The van der Waals surface area contributed by atoms with E-state index in [1.54, 1.807) is 36.5 Å². The molecule has 1 N–H and O–H groups in total. The van der Waals surface area contributed by atoms with Gasteiger partial charge < -0.3 is 10.2 Å². The maximum absolute atomic E-state index is 13.3. The van der Waals surface area contributed by atoms with Gasteiger partial charge in [0.1, 0.15) is 5.82 Å². The van der Waals surface area contributed by atoms with Crippen molar-refractivity contribution in [2.75, 3.05) is 25.5 Å². The van der Waals surface area contributed by atoms with Crippen molar-refractivity contribution in [1.82, 2.24) is 14.9 Å². The van der Waals surface area contributed by atoms with Crippen LogP contribution < -0.4 is 5.32 Å². The predicted molar refractivity (Wildman–Crippen MR) is 95.8 cm³/mol. The molecule has 0 unspecified atom stereocenters. The number of halogens is 1. The van der Waals surface area contributed by atoms with Crippen LogP contribution in [0.3, 0.4) is 0 Å². The SMILES string of the molecule is CN(CCc1ccccn1)C(=O)CNc1ccnc2cc(F)ccc12. The smallest absolute Gasteiger partial charge is 0.241 e. The van der Waals surface area contributed by atoms with Crippen LogP contribution in [0.15, 0.2) is 54.9 Å². The highest BCUT2D eigenvalue weighted by atomic mass is 19.1. The standard InChI is InChI=1S/C19H19FN4O/c1-24(11-8-15-4-2-3-9-21-15)19(25)13-23-17-7-10-22-18-12-14(20)5-6-16(17)18/h2-7,9-10,12H,8,11,13H2,1H3,(H,22,23). The van der Waals surface area contributed by atoms with E-state index in [1.165, 1.54) is 12.1 Å². The Hall–Kier alpha value is -3.02. The fraction of sp³-hybridized carbons (Fsp3) is 0.211. The Kier molecular flexibility index (Phi) is 5.18. The highest BCUT2D eigenvalue weighted by Gasteiger charge is 2.10. The van der Waals surface area contributed by atoms with Crippen LogP contribution >= 0.6 is 0 Å². The molecule has 0 aliphatic rings. The predicted octanol–water partition coefficient (Wildman–Crippen LogP) is 2.88. The summed E-state index contributed by atoms with van der Waals surface area (Å²) in [5.41, 5.74) is 2.27. The van der Waals surface area contributed by atoms with E-state index in [1.807, 2.05) is 18.2 Å². The molecule has 0 aliphatic heterocycles. The summed E-state index contributed by atoms with van der Waals surface area (Å²) in [5.74, 6) is -0.356. The fourth-order valence-electron chi connectivity index (χ4n) is 2.53. The lowest BCUT2D eigenvalue weighted by Crippen LogP contribution is -2.33. The van der Waals surface area contributed by atoms with E-state index in [0.29, 0.717) is 18.5 Å². The Bertz CT molecular complexity index is 870. The Morgan fingerprint density at radius 3 is 2.84 bits per heavy atom. The van der Waals surface area contributed by atoms with Gasteiger partial charge in [0.05, 0.1) is 12.1 Å². The number of hydrogen-bond donors (Lipinski definition) is 1. The first-order valence-electron chi connectivity index (χ1n) is 8.05. The van der Waals surface area contributed by atoms with E-state index < -0.39 is 0 Å². The quantitative estimate of drug-likeness (QED) is 0.751. The van der Waals surface area contributed by atoms with Crippen molar-refractivity contribution in [3.05, 3.63) is 66.4 Å². The Labute approximate surface area is 145 Å². The lowest BCUT2D eigenvalue weighted by molar-refractivity contribution is -0.127. The van der Waals surface area contributed by atoms with Crippen LogP contribution in [0, 0.1) is 5.82 Å². The molecule has 0 atom stereocenters. The first kappa shape index (κ1) is 16.8. The van der Waals surface area contributed by atoms with E-state index in [0.717, 1.165) is 16.8 Å². The van der Waals surface area contributed by atoms with Crippen LogP contribution in [0.25, 0.3) is 10.9 Å². The third-order valence-electron chi connectivity index (χ3n) is 3.99. The number of amides is 1. The van der Waals surface area contributed by atoms with E-state index in [2.05, 4.69) is 15.3 Å². The van der Waals surface area contributed by atoms with Crippen LogP contribution in [-0.2, 0) is 11.2 Å². The lowest BCUT2D eigenvalue weighted by atomic mass is 10.2. The van der Waals surface area contributed by atoms with Gasteiger partial charge in [-0.2, -0.15) is 0 Å². The molecule has 0 radical (unpaired) electrons. The van der Waals surface area contributed by atoms with E-state index in [4.69, 9.17) is 0 Å². The first-order valence-corrected chi connectivity index (χ1v) is 8.05. The zero-order valence-electron chi connectivity index (χ0n) is 13.9. The second-order valence-corrected chi connectivity index (χ2v) is 5.76. The Balaban J connectivity index is 1.58. The summed E-state index contributed by atoms with van der Waals surface area (Å²) in [6.45, 7) is 0.759. The number of pyridine rings is 2. The molecular formula is C19H19FN4O. The van der Waals surface area contributed by atoms with Gasteiger partial charge >= 0.3 is 0 Å². The van der Waals surface area contributed by atoms with E-state index >= 15 is 0 Å². The van der Waals surface area contributed by atoms with Gasteiger partial charge in [-0.25, -0.2) is 4.39 Å². The minimum atomic E-state index is -0.331. The molecule has 3 aromatic rings. The number of nitrogens with zero attached hydrogens (tertiary/aromatic N) is 3. The highest BCUT2D eigenvalue weighted by molar-refractivity contribution is 5.92. The summed E-state index contributed by atoms with van der Waals surface area (Å²) in [6.07, 6.45) is 4.05. The van der Waals surface area contributed by atoms with Gasteiger partial charge in [-0.1, -0.05) is 6.07 Å². The third-order valence-corrected chi connectivity index (χ3v) is 3.99. The average molecular weight is 338 g/mol. The van der Waals surface area contributed by atoms with Crippen LogP contribution in [0.1, 0.15) is 5.69 Å². The molecule has 0 saturated carbocycles. The van der Waals surface area contributed by atoms with Gasteiger partial charge in [0.15, 0.2) is 0 Å². The van der Waals surface area contributed by atoms with Crippen molar-refractivity contribution in [3.8, 4) is 0 Å². The van der Waals surface area contributed by atoms with E-state index in [9.17, 15) is 9.18 Å². The number of hydrogen-bond acceptors (Lipinski definition) is 4. The number of carbonyl (C=O) groups excluding carboxylic acids is 1. The van der Waals surface area contributed by atoms with E-state index in [-0.39, 0.29) is 18.3 Å². The number of rotatable bonds is 6. The monoisotopic (exact) mass is 338 g/mol. The summed E-state index contributed by atoms with van der Waals surface area (Å²) in [5, 5.41) is 3.90. The number of fused-ring (bicyclic) bond motifs is 1. The molecule has 1 aromatic carbocycles. The van der Waals surface area contributed by atoms with Gasteiger partial charge in [0.25, 0.3) is 0 Å². The average Bonchev–Trinajstić information content (AvgIpc) is 2.64. The summed E-state index contributed by atoms with van der Waals surface area (Å²) >= 11 is 0. The molecular weight excluding hydrogens is 319 g/mol. The molecule has 0 spiro atoms. The van der Waals surface area contributed by atoms with Crippen molar-refractivity contribution in [1.29, 1.82) is 0 Å².